The molecule has 4 nitrogen and oxygen atoms in total. The molecule has 0 fully saturated rings. The highest BCUT2D eigenvalue weighted by Crippen LogP contribution is 2.18. The van der Waals surface area contributed by atoms with E-state index in [1.54, 1.807) is 6.07 Å². The van der Waals surface area contributed by atoms with Crippen molar-refractivity contribution in [1.29, 1.82) is 0 Å². The maximum Gasteiger partial charge on any atom is 0.263 e. The molecule has 0 radical (unpaired) electrons. The quantitative estimate of drug-likeness (QED) is 0.935. The summed E-state index contributed by atoms with van der Waals surface area (Å²) in [6.45, 7) is 3.52. The molecule has 0 bridgehead atoms. The average molecular weight is 278 g/mol. The lowest BCUT2D eigenvalue weighted by Crippen LogP contribution is -2.14. The summed E-state index contributed by atoms with van der Waals surface area (Å²) in [5.74, 6) is -0.637. The molecule has 0 amide bonds. The number of hydrogen-bond acceptors (Lipinski definition) is 3. The van der Waals surface area contributed by atoms with Gasteiger partial charge >= 0.3 is 0 Å². The molecule has 0 atom stereocenters. The Balaban J connectivity index is 2.32. The first-order valence-electron chi connectivity index (χ1n) is 5.39. The lowest BCUT2D eigenvalue weighted by atomic mass is 10.3. The number of nitrogens with zero attached hydrogens (tertiary/aromatic N) is 1. The maximum atomic E-state index is 13.4. The third-order valence-electron chi connectivity index (χ3n) is 2.40. The number of anilines is 1. The van der Waals surface area contributed by atoms with Gasteiger partial charge in [-0.2, -0.15) is 0 Å². The summed E-state index contributed by atoms with van der Waals surface area (Å²) in [5.41, 5.74) is 0.458. The molecule has 0 aliphatic heterocycles. The average Bonchev–Trinajstić information content (AvgIpc) is 2.41. The van der Waals surface area contributed by atoms with Gasteiger partial charge in [0.1, 0.15) is 10.7 Å². The molecule has 1 aromatic heterocycles. The van der Waals surface area contributed by atoms with E-state index in [0.29, 0.717) is 5.69 Å². The van der Waals surface area contributed by atoms with Crippen molar-refractivity contribution in [3.63, 3.8) is 0 Å². The molecule has 0 saturated heterocycles. The summed E-state index contributed by atoms with van der Waals surface area (Å²) in [4.78, 5) is 3.86. The van der Waals surface area contributed by atoms with Crippen LogP contribution in [0, 0.1) is 5.82 Å². The molecule has 2 aromatic rings. The van der Waals surface area contributed by atoms with E-state index in [1.165, 1.54) is 42.6 Å². The summed E-state index contributed by atoms with van der Waals surface area (Å²) >= 11 is 0. The molecular weight excluding hydrogens is 267 g/mol. The Morgan fingerprint density at radius 2 is 1.95 bits per heavy atom. The number of rotatable bonds is 4. The Bertz CT molecular complexity index is 697. The largest absolute Gasteiger partial charge is 0.277 e. The number of pyridine rings is 1. The minimum atomic E-state index is -3.85. The van der Waals surface area contributed by atoms with Gasteiger partial charge in [-0.05, 0) is 30.3 Å². The standard InChI is InChI=1S/C13H11FN2O2S/c1-2-10-7-8-11(9-15-10)19(17,18)16-13-6-4-3-5-12(13)14/h2-9,16H,1H2. The molecule has 0 aliphatic rings. The van der Waals surface area contributed by atoms with Crippen LogP contribution in [0.25, 0.3) is 6.08 Å². The van der Waals surface area contributed by atoms with Gasteiger partial charge in [0.25, 0.3) is 10.0 Å². The van der Waals surface area contributed by atoms with Crippen LogP contribution in [0.15, 0.2) is 54.1 Å². The summed E-state index contributed by atoms with van der Waals surface area (Å²) in [6.07, 6.45) is 2.70. The molecule has 0 aliphatic carbocycles. The molecule has 2 rings (SSSR count). The van der Waals surface area contributed by atoms with Crippen LogP contribution in [0.5, 0.6) is 0 Å². The molecule has 0 spiro atoms. The number of aromatic nitrogens is 1. The van der Waals surface area contributed by atoms with Crippen molar-refractivity contribution in [2.45, 2.75) is 4.90 Å². The number of para-hydroxylation sites is 1. The molecule has 0 unspecified atom stereocenters. The number of halogens is 1. The highest BCUT2D eigenvalue weighted by molar-refractivity contribution is 7.92. The molecular formula is C13H11FN2O2S. The number of hydrogen-bond donors (Lipinski definition) is 1. The minimum Gasteiger partial charge on any atom is -0.277 e. The van der Waals surface area contributed by atoms with Crippen LogP contribution >= 0.6 is 0 Å². The Hall–Kier alpha value is -2.21. The second-order valence-electron chi connectivity index (χ2n) is 3.71. The highest BCUT2D eigenvalue weighted by atomic mass is 32.2. The van der Waals surface area contributed by atoms with Gasteiger partial charge in [-0.3, -0.25) is 9.71 Å². The van der Waals surface area contributed by atoms with Crippen LogP contribution in [0.1, 0.15) is 5.69 Å². The predicted octanol–water partition coefficient (Wildman–Crippen LogP) is 2.66. The molecule has 6 heteroatoms. The zero-order valence-electron chi connectivity index (χ0n) is 9.88. The van der Waals surface area contributed by atoms with Gasteiger partial charge in [0.15, 0.2) is 0 Å². The fourth-order valence-electron chi connectivity index (χ4n) is 1.42. The first kappa shape index (κ1) is 13.2. The maximum absolute atomic E-state index is 13.4. The van der Waals surface area contributed by atoms with E-state index in [-0.39, 0.29) is 10.6 Å². The second kappa shape index (κ2) is 5.19. The van der Waals surface area contributed by atoms with Crippen molar-refractivity contribution in [2.75, 3.05) is 4.72 Å². The van der Waals surface area contributed by atoms with Crippen LogP contribution in [0.2, 0.25) is 0 Å². The molecule has 19 heavy (non-hydrogen) atoms. The van der Waals surface area contributed by atoms with Crippen molar-refractivity contribution in [2.24, 2.45) is 0 Å². The summed E-state index contributed by atoms with van der Waals surface area (Å²) in [5, 5.41) is 0. The lowest BCUT2D eigenvalue weighted by molar-refractivity contribution is 0.598. The Morgan fingerprint density at radius 3 is 2.53 bits per heavy atom. The van der Waals surface area contributed by atoms with Crippen molar-refractivity contribution < 1.29 is 12.8 Å². The van der Waals surface area contributed by atoms with E-state index in [4.69, 9.17) is 0 Å². The molecule has 1 heterocycles. The van der Waals surface area contributed by atoms with Crippen LogP contribution in [0.4, 0.5) is 10.1 Å². The molecule has 98 valence electrons. The van der Waals surface area contributed by atoms with Gasteiger partial charge in [0.2, 0.25) is 0 Å². The molecule has 1 aromatic carbocycles. The van der Waals surface area contributed by atoms with Crippen LogP contribution in [-0.4, -0.2) is 13.4 Å². The number of nitrogens with one attached hydrogen (secondary N) is 1. The summed E-state index contributed by atoms with van der Waals surface area (Å²) < 4.78 is 39.6. The Labute approximate surface area is 110 Å². The van der Waals surface area contributed by atoms with E-state index in [0.717, 1.165) is 0 Å². The smallest absolute Gasteiger partial charge is 0.263 e. The second-order valence-corrected chi connectivity index (χ2v) is 5.39. The third kappa shape index (κ3) is 2.97. The summed E-state index contributed by atoms with van der Waals surface area (Å²) in [6, 6.07) is 8.44. The van der Waals surface area contributed by atoms with Gasteiger partial charge in [0, 0.05) is 6.20 Å². The fourth-order valence-corrected chi connectivity index (χ4v) is 2.43. The Morgan fingerprint density at radius 1 is 1.21 bits per heavy atom. The zero-order chi connectivity index (χ0) is 13.9. The topological polar surface area (TPSA) is 59.1 Å². The van der Waals surface area contributed by atoms with Gasteiger partial charge in [-0.25, -0.2) is 12.8 Å². The van der Waals surface area contributed by atoms with Gasteiger partial charge in [-0.1, -0.05) is 18.7 Å². The fraction of sp³-hybridized carbons (Fsp3) is 0. The van der Waals surface area contributed by atoms with Crippen LogP contribution in [0.3, 0.4) is 0 Å². The predicted molar refractivity (Wildman–Crippen MR) is 71.5 cm³/mol. The first-order valence-corrected chi connectivity index (χ1v) is 6.87. The Kier molecular flexibility index (Phi) is 3.62. The van der Waals surface area contributed by atoms with Crippen molar-refractivity contribution >= 4 is 21.8 Å². The van der Waals surface area contributed by atoms with Crippen molar-refractivity contribution in [1.82, 2.24) is 4.98 Å². The minimum absolute atomic E-state index is 0.0404. The highest BCUT2D eigenvalue weighted by Gasteiger charge is 2.16. The molecule has 0 saturated carbocycles. The van der Waals surface area contributed by atoms with Gasteiger partial charge in [0.05, 0.1) is 11.4 Å². The van der Waals surface area contributed by atoms with Crippen LogP contribution < -0.4 is 4.72 Å². The lowest BCUT2D eigenvalue weighted by Gasteiger charge is -2.08. The van der Waals surface area contributed by atoms with E-state index < -0.39 is 15.8 Å². The van der Waals surface area contributed by atoms with E-state index >= 15 is 0 Å². The zero-order valence-corrected chi connectivity index (χ0v) is 10.7. The summed E-state index contributed by atoms with van der Waals surface area (Å²) in [7, 11) is -3.85. The van der Waals surface area contributed by atoms with Gasteiger partial charge < -0.3 is 0 Å². The van der Waals surface area contributed by atoms with Crippen molar-refractivity contribution in [3.8, 4) is 0 Å². The normalized spacial score (nSPS) is 11.0. The first-order chi connectivity index (χ1) is 9.03. The molecule has 1 N–H and O–H groups in total. The van der Waals surface area contributed by atoms with E-state index in [1.807, 2.05) is 0 Å². The monoisotopic (exact) mass is 278 g/mol. The third-order valence-corrected chi connectivity index (χ3v) is 3.75. The SMILES string of the molecule is C=Cc1ccc(S(=O)(=O)Nc2ccccc2F)cn1. The van der Waals surface area contributed by atoms with Gasteiger partial charge in [-0.15, -0.1) is 0 Å². The van der Waals surface area contributed by atoms with Crippen LogP contribution in [-0.2, 0) is 10.0 Å². The van der Waals surface area contributed by atoms with Crippen molar-refractivity contribution in [3.05, 3.63) is 60.7 Å². The van der Waals surface area contributed by atoms with E-state index in [2.05, 4.69) is 16.3 Å². The number of sulfonamides is 1. The van der Waals surface area contributed by atoms with E-state index in [9.17, 15) is 12.8 Å². The number of benzene rings is 1.